The predicted molar refractivity (Wildman–Crippen MR) is 96.0 cm³/mol. The van der Waals surface area contributed by atoms with Gasteiger partial charge in [-0.05, 0) is 49.3 Å². The van der Waals surface area contributed by atoms with Gasteiger partial charge in [-0.15, -0.1) is 11.3 Å². The first-order chi connectivity index (χ1) is 11.5. The van der Waals surface area contributed by atoms with Crippen LogP contribution in [0.5, 0.6) is 0 Å². The third-order valence-electron chi connectivity index (χ3n) is 4.52. The molecule has 0 radical (unpaired) electrons. The van der Waals surface area contributed by atoms with Crippen molar-refractivity contribution in [3.63, 3.8) is 0 Å². The van der Waals surface area contributed by atoms with Crippen LogP contribution in [0, 0.1) is 12.8 Å². The van der Waals surface area contributed by atoms with Gasteiger partial charge in [0.05, 0.1) is 12.7 Å². The van der Waals surface area contributed by atoms with Crippen molar-refractivity contribution in [3.8, 4) is 0 Å². The first-order valence-electron chi connectivity index (χ1n) is 8.11. The Bertz CT molecular complexity index is 794. The Labute approximate surface area is 145 Å². The number of nitrogens with one attached hydrogen (secondary N) is 1. The first-order valence-corrected chi connectivity index (χ1v) is 8.92. The van der Waals surface area contributed by atoms with E-state index in [9.17, 15) is 9.59 Å². The van der Waals surface area contributed by atoms with Gasteiger partial charge in [0.1, 0.15) is 5.00 Å². The quantitative estimate of drug-likeness (QED) is 0.849. The van der Waals surface area contributed by atoms with Crippen LogP contribution >= 0.6 is 11.3 Å². The van der Waals surface area contributed by atoms with Crippen molar-refractivity contribution in [2.24, 2.45) is 5.92 Å². The molecule has 2 aromatic rings. The van der Waals surface area contributed by atoms with Gasteiger partial charge < -0.3 is 10.1 Å². The Kier molecular flexibility index (Phi) is 4.71. The summed E-state index contributed by atoms with van der Waals surface area (Å²) in [4.78, 5) is 26.1. The van der Waals surface area contributed by atoms with Crippen molar-refractivity contribution >= 4 is 28.2 Å². The lowest BCUT2D eigenvalue weighted by atomic mass is 9.88. The van der Waals surface area contributed by atoms with Crippen molar-refractivity contribution in [2.75, 3.05) is 12.4 Å². The van der Waals surface area contributed by atoms with Crippen LogP contribution in [0.15, 0.2) is 24.3 Å². The smallest absolute Gasteiger partial charge is 0.341 e. The number of ether oxygens (including phenoxy) is 1. The molecule has 4 nitrogen and oxygen atoms in total. The number of thiophene rings is 1. The zero-order chi connectivity index (χ0) is 17.3. The molecule has 0 fully saturated rings. The Hall–Kier alpha value is -2.14. The largest absolute Gasteiger partial charge is 0.465 e. The molecule has 0 bridgehead atoms. The van der Waals surface area contributed by atoms with Crippen LogP contribution in [-0.4, -0.2) is 19.0 Å². The number of rotatable bonds is 3. The number of carbonyl (C=O) groups is 2. The number of anilines is 1. The maximum absolute atomic E-state index is 12.6. The normalized spacial score (nSPS) is 16.4. The van der Waals surface area contributed by atoms with E-state index in [1.807, 2.05) is 25.1 Å². The molecule has 1 aromatic carbocycles. The molecule has 1 aliphatic rings. The molecule has 1 amide bonds. The van der Waals surface area contributed by atoms with Crippen LogP contribution in [0.2, 0.25) is 0 Å². The van der Waals surface area contributed by atoms with Crippen molar-refractivity contribution in [2.45, 2.75) is 33.1 Å². The van der Waals surface area contributed by atoms with E-state index in [-0.39, 0.29) is 11.9 Å². The number of aryl methyl sites for hydroxylation is 1. The summed E-state index contributed by atoms with van der Waals surface area (Å²) < 4.78 is 4.96. The van der Waals surface area contributed by atoms with Gasteiger partial charge in [0.2, 0.25) is 0 Å². The summed E-state index contributed by atoms with van der Waals surface area (Å²) in [6.07, 6.45) is 2.86. The average molecular weight is 343 g/mol. The standard InChI is InChI=1S/C19H21NO3S/c1-11-8-9-14-15(10-11)24-18(16(14)19(22)23-3)20-17(21)13-7-5-4-6-12(13)2/h4-7,11H,8-10H2,1-3H3,(H,20,21)/t11-/m1/s1. The second kappa shape index (κ2) is 6.77. The highest BCUT2D eigenvalue weighted by Gasteiger charge is 2.29. The summed E-state index contributed by atoms with van der Waals surface area (Å²) in [6, 6.07) is 7.43. The lowest BCUT2D eigenvalue weighted by Gasteiger charge is -2.18. The van der Waals surface area contributed by atoms with Crippen LogP contribution in [0.25, 0.3) is 0 Å². The Morgan fingerprint density at radius 2 is 2.04 bits per heavy atom. The van der Waals surface area contributed by atoms with Gasteiger partial charge in [-0.1, -0.05) is 25.1 Å². The van der Waals surface area contributed by atoms with Gasteiger partial charge in [-0.25, -0.2) is 4.79 Å². The number of hydrogen-bond acceptors (Lipinski definition) is 4. The molecular formula is C19H21NO3S. The summed E-state index contributed by atoms with van der Waals surface area (Å²) in [5, 5.41) is 3.54. The fourth-order valence-corrected chi connectivity index (χ4v) is 4.55. The highest BCUT2D eigenvalue weighted by molar-refractivity contribution is 7.17. The summed E-state index contributed by atoms with van der Waals surface area (Å²) >= 11 is 1.51. The molecule has 1 atom stereocenters. The molecule has 1 N–H and O–H groups in total. The second-order valence-corrected chi connectivity index (χ2v) is 7.42. The number of amides is 1. The van der Waals surface area contributed by atoms with Crippen LogP contribution in [0.4, 0.5) is 5.00 Å². The molecule has 0 unspecified atom stereocenters. The topological polar surface area (TPSA) is 55.4 Å². The van der Waals surface area contributed by atoms with Gasteiger partial charge in [-0.2, -0.15) is 0 Å². The minimum absolute atomic E-state index is 0.190. The summed E-state index contributed by atoms with van der Waals surface area (Å²) in [5.41, 5.74) is 3.11. The third-order valence-corrected chi connectivity index (χ3v) is 5.69. The Morgan fingerprint density at radius 1 is 1.29 bits per heavy atom. The van der Waals surface area contributed by atoms with E-state index >= 15 is 0 Å². The minimum Gasteiger partial charge on any atom is -0.465 e. The molecule has 1 aromatic heterocycles. The average Bonchev–Trinajstić information content (AvgIpc) is 2.91. The fourth-order valence-electron chi connectivity index (χ4n) is 3.15. The Morgan fingerprint density at radius 3 is 2.75 bits per heavy atom. The predicted octanol–water partition coefficient (Wildman–Crippen LogP) is 4.22. The van der Waals surface area contributed by atoms with Gasteiger partial charge in [0.15, 0.2) is 0 Å². The summed E-state index contributed by atoms with van der Waals surface area (Å²) in [7, 11) is 1.38. The Balaban J connectivity index is 1.97. The summed E-state index contributed by atoms with van der Waals surface area (Å²) in [6.45, 7) is 4.11. The van der Waals surface area contributed by atoms with E-state index in [1.165, 1.54) is 23.3 Å². The lowest BCUT2D eigenvalue weighted by molar-refractivity contribution is 0.0601. The fraction of sp³-hybridized carbons (Fsp3) is 0.368. The van der Waals surface area contributed by atoms with Crippen LogP contribution < -0.4 is 5.32 Å². The van der Waals surface area contributed by atoms with Gasteiger partial charge in [-0.3, -0.25) is 4.79 Å². The molecule has 1 heterocycles. The highest BCUT2D eigenvalue weighted by atomic mass is 32.1. The number of methoxy groups -OCH3 is 1. The molecule has 0 spiro atoms. The van der Waals surface area contributed by atoms with Crippen molar-refractivity contribution in [1.82, 2.24) is 0 Å². The van der Waals surface area contributed by atoms with E-state index in [0.29, 0.717) is 22.0 Å². The minimum atomic E-state index is -0.373. The maximum atomic E-state index is 12.6. The zero-order valence-corrected chi connectivity index (χ0v) is 15.0. The van der Waals surface area contributed by atoms with E-state index in [0.717, 1.165) is 30.4 Å². The van der Waals surface area contributed by atoms with Crippen LogP contribution in [0.1, 0.15) is 50.1 Å². The monoisotopic (exact) mass is 343 g/mol. The number of esters is 1. The molecule has 126 valence electrons. The van der Waals surface area contributed by atoms with Crippen molar-refractivity contribution < 1.29 is 14.3 Å². The number of benzene rings is 1. The SMILES string of the molecule is COC(=O)c1c(NC(=O)c2ccccc2C)sc2c1CC[C@@H](C)C2. The molecule has 3 rings (SSSR count). The van der Waals surface area contributed by atoms with Crippen LogP contribution in [0.3, 0.4) is 0 Å². The first kappa shape index (κ1) is 16.7. The molecule has 1 aliphatic carbocycles. The highest BCUT2D eigenvalue weighted by Crippen LogP contribution is 2.40. The van der Waals surface area contributed by atoms with E-state index < -0.39 is 0 Å². The van der Waals surface area contributed by atoms with Crippen LogP contribution in [-0.2, 0) is 17.6 Å². The molecule has 0 saturated carbocycles. The molecule has 0 aliphatic heterocycles. The van der Waals surface area contributed by atoms with Gasteiger partial charge in [0.25, 0.3) is 5.91 Å². The van der Waals surface area contributed by atoms with E-state index in [1.54, 1.807) is 6.07 Å². The van der Waals surface area contributed by atoms with Crippen molar-refractivity contribution in [3.05, 3.63) is 51.4 Å². The number of hydrogen-bond donors (Lipinski definition) is 1. The maximum Gasteiger partial charge on any atom is 0.341 e. The van der Waals surface area contributed by atoms with Gasteiger partial charge in [0, 0.05) is 10.4 Å². The molecule has 0 saturated heterocycles. The number of fused-ring (bicyclic) bond motifs is 1. The van der Waals surface area contributed by atoms with E-state index in [2.05, 4.69) is 12.2 Å². The number of carbonyl (C=O) groups excluding carboxylic acids is 2. The molecule has 5 heteroatoms. The second-order valence-electron chi connectivity index (χ2n) is 6.32. The lowest BCUT2D eigenvalue weighted by Crippen LogP contribution is -2.16. The van der Waals surface area contributed by atoms with E-state index in [4.69, 9.17) is 4.74 Å². The molecular weight excluding hydrogens is 322 g/mol. The zero-order valence-electron chi connectivity index (χ0n) is 14.1. The molecule has 24 heavy (non-hydrogen) atoms. The van der Waals surface area contributed by atoms with Crippen molar-refractivity contribution in [1.29, 1.82) is 0 Å². The summed E-state index contributed by atoms with van der Waals surface area (Å²) in [5.74, 6) is 0.0357. The third kappa shape index (κ3) is 3.08. The van der Waals surface area contributed by atoms with Gasteiger partial charge >= 0.3 is 5.97 Å².